The lowest BCUT2D eigenvalue weighted by atomic mass is 9.41. The fourth-order valence-electron chi connectivity index (χ4n) is 1.30. The Hall–Kier alpha value is -0.920. The zero-order chi connectivity index (χ0) is 11.3. The van der Waals surface area contributed by atoms with Gasteiger partial charge in [0.05, 0.1) is 0 Å². The first kappa shape index (κ1) is 10.6. The summed E-state index contributed by atoms with van der Waals surface area (Å²) in [6.07, 6.45) is 0. The molecule has 1 heterocycles. The van der Waals surface area contributed by atoms with Crippen molar-refractivity contribution in [3.05, 3.63) is 23.8 Å². The van der Waals surface area contributed by atoms with Crippen LogP contribution in [0, 0.1) is 6.92 Å². The summed E-state index contributed by atoms with van der Waals surface area (Å²) in [5.74, 6) is 0.864. The van der Waals surface area contributed by atoms with Crippen LogP contribution in [0.1, 0.15) is 5.56 Å². The predicted octanol–water partition coefficient (Wildman–Crippen LogP) is -0.252. The Labute approximate surface area is 94.4 Å². The highest BCUT2D eigenvalue weighted by atomic mass is 16.6. The fourth-order valence-corrected chi connectivity index (χ4v) is 1.30. The Morgan fingerprint density at radius 2 is 1.47 bits per heavy atom. The third-order valence-corrected chi connectivity index (χ3v) is 2.27. The Bertz CT molecular complexity index is 403. The largest absolute Gasteiger partial charge is 0.501 e. The van der Waals surface area contributed by atoms with Crippen molar-refractivity contribution < 1.29 is 9.47 Å². The van der Waals surface area contributed by atoms with Crippen LogP contribution < -0.4 is 9.47 Å². The molecule has 1 aromatic rings. The van der Waals surface area contributed by atoms with Crippen LogP contribution in [0.5, 0.6) is 11.5 Å². The second-order valence-electron chi connectivity index (χ2n) is 3.74. The molecule has 0 aliphatic carbocycles. The smallest absolute Gasteiger partial charge is 0.159 e. The number of aryl methyl sites for hydroxylation is 1. The van der Waals surface area contributed by atoms with E-state index < -0.39 is 10.8 Å². The van der Waals surface area contributed by atoms with Gasteiger partial charge in [-0.25, -0.2) is 0 Å². The van der Waals surface area contributed by atoms with Gasteiger partial charge in [-0.1, -0.05) is 6.07 Å². The molecule has 0 unspecified atom stereocenters. The molecule has 1 aromatic carbocycles. The molecule has 2 nitrogen and oxygen atoms in total. The molecule has 0 aromatic heterocycles. The molecule has 66 valence electrons. The first-order valence-electron chi connectivity index (χ1n) is 4.46. The fraction of sp³-hybridized carbons (Fsp3) is 0.333. The standard InChI is InChI=1S/C9H6B4O2/c1-5-2-3-6-7(4-5)15-9(12,13)8(10,11)14-6/h2-4H,1H3. The highest BCUT2D eigenvalue weighted by molar-refractivity contribution is 6.53. The lowest BCUT2D eigenvalue weighted by Crippen LogP contribution is -2.65. The third-order valence-electron chi connectivity index (χ3n) is 2.27. The molecule has 0 amide bonds. The number of hydrogen-bond donors (Lipinski definition) is 0. The van der Waals surface area contributed by atoms with Gasteiger partial charge in [0, 0.05) is 10.8 Å². The van der Waals surface area contributed by atoms with Gasteiger partial charge in [-0.15, -0.1) is 0 Å². The number of benzene rings is 1. The maximum atomic E-state index is 5.60. The molecular weight excluding hydrogens is 183 g/mol. The van der Waals surface area contributed by atoms with Crippen molar-refractivity contribution in [3.8, 4) is 11.5 Å². The van der Waals surface area contributed by atoms with Crippen LogP contribution in [-0.4, -0.2) is 42.2 Å². The van der Waals surface area contributed by atoms with E-state index in [1.807, 2.05) is 13.0 Å². The van der Waals surface area contributed by atoms with Crippen LogP contribution >= 0.6 is 0 Å². The van der Waals surface area contributed by atoms with E-state index in [9.17, 15) is 0 Å². The zero-order valence-electron chi connectivity index (χ0n) is 8.36. The van der Waals surface area contributed by atoms with Crippen molar-refractivity contribution >= 4 is 31.4 Å². The van der Waals surface area contributed by atoms with Gasteiger partial charge in [0.1, 0.15) is 31.4 Å². The van der Waals surface area contributed by atoms with Crippen molar-refractivity contribution in [3.63, 3.8) is 0 Å². The molecule has 1 aliphatic rings. The number of hydrogen-bond acceptors (Lipinski definition) is 2. The zero-order valence-corrected chi connectivity index (χ0v) is 8.36. The van der Waals surface area contributed by atoms with Gasteiger partial charge in [0.2, 0.25) is 0 Å². The predicted molar refractivity (Wildman–Crippen MR) is 60.9 cm³/mol. The quantitative estimate of drug-likeness (QED) is 0.524. The van der Waals surface area contributed by atoms with Gasteiger partial charge in [0.25, 0.3) is 0 Å². The Morgan fingerprint density at radius 1 is 0.933 bits per heavy atom. The Balaban J connectivity index is 2.47. The first-order chi connectivity index (χ1) is 6.82. The summed E-state index contributed by atoms with van der Waals surface area (Å²) >= 11 is 0. The molecule has 0 N–H and O–H groups in total. The molecule has 0 saturated heterocycles. The van der Waals surface area contributed by atoms with Crippen LogP contribution in [0.2, 0.25) is 0 Å². The van der Waals surface area contributed by atoms with Crippen LogP contribution in [-0.2, 0) is 0 Å². The molecule has 15 heavy (non-hydrogen) atoms. The minimum Gasteiger partial charge on any atom is -0.501 e. The lowest BCUT2D eigenvalue weighted by Gasteiger charge is -2.48. The summed E-state index contributed by atoms with van der Waals surface area (Å²) < 4.78 is 10.6. The summed E-state index contributed by atoms with van der Waals surface area (Å²) in [4.78, 5) is 0. The molecule has 8 radical (unpaired) electrons. The van der Waals surface area contributed by atoms with Gasteiger partial charge < -0.3 is 9.47 Å². The summed E-state index contributed by atoms with van der Waals surface area (Å²) in [6.45, 7) is 1.91. The molecule has 0 atom stereocenters. The summed E-state index contributed by atoms with van der Waals surface area (Å²) in [5.41, 5.74) is 0.995. The van der Waals surface area contributed by atoms with Crippen LogP contribution in [0.25, 0.3) is 0 Å². The minimum atomic E-state index is -1.76. The van der Waals surface area contributed by atoms with Crippen molar-refractivity contribution in [2.45, 2.75) is 17.7 Å². The third kappa shape index (κ3) is 1.66. The highest BCUT2D eigenvalue weighted by Gasteiger charge is 2.42. The van der Waals surface area contributed by atoms with E-state index in [-0.39, 0.29) is 0 Å². The average molecular weight is 189 g/mol. The lowest BCUT2D eigenvalue weighted by molar-refractivity contribution is 0.0617. The maximum absolute atomic E-state index is 5.60. The Kier molecular flexibility index (Phi) is 2.14. The second-order valence-corrected chi connectivity index (χ2v) is 3.74. The van der Waals surface area contributed by atoms with E-state index in [1.165, 1.54) is 0 Å². The van der Waals surface area contributed by atoms with Crippen molar-refractivity contribution in [1.82, 2.24) is 0 Å². The monoisotopic (exact) mass is 190 g/mol. The molecule has 0 fully saturated rings. The molecule has 2 rings (SSSR count). The van der Waals surface area contributed by atoms with Crippen LogP contribution in [0.3, 0.4) is 0 Å². The van der Waals surface area contributed by atoms with E-state index >= 15 is 0 Å². The summed E-state index contributed by atoms with van der Waals surface area (Å²) in [7, 11) is 22.4. The van der Waals surface area contributed by atoms with Crippen molar-refractivity contribution in [2.24, 2.45) is 0 Å². The van der Waals surface area contributed by atoms with Gasteiger partial charge in [-0.3, -0.25) is 0 Å². The van der Waals surface area contributed by atoms with Gasteiger partial charge >= 0.3 is 0 Å². The van der Waals surface area contributed by atoms with Gasteiger partial charge in [-0.05, 0) is 24.6 Å². The van der Waals surface area contributed by atoms with E-state index in [1.54, 1.807) is 12.1 Å². The molecule has 0 spiro atoms. The number of fused-ring (bicyclic) bond motifs is 1. The van der Waals surface area contributed by atoms with E-state index in [2.05, 4.69) is 0 Å². The van der Waals surface area contributed by atoms with Crippen molar-refractivity contribution in [2.75, 3.05) is 0 Å². The molecular formula is C9H6B4O2. The van der Waals surface area contributed by atoms with Crippen LogP contribution in [0.15, 0.2) is 18.2 Å². The van der Waals surface area contributed by atoms with E-state index in [4.69, 9.17) is 40.9 Å². The topological polar surface area (TPSA) is 18.5 Å². The average Bonchev–Trinajstić information content (AvgIpc) is 2.07. The van der Waals surface area contributed by atoms with Crippen molar-refractivity contribution in [1.29, 1.82) is 0 Å². The number of rotatable bonds is 0. The normalized spacial score (nSPS) is 20.9. The van der Waals surface area contributed by atoms with Crippen LogP contribution in [0.4, 0.5) is 0 Å². The summed E-state index contributed by atoms with van der Waals surface area (Å²) in [6, 6.07) is 5.30. The number of ether oxygens (including phenoxy) is 2. The second kappa shape index (κ2) is 3.03. The van der Waals surface area contributed by atoms with E-state index in [0.29, 0.717) is 11.5 Å². The maximum Gasteiger partial charge on any atom is 0.159 e. The summed E-state index contributed by atoms with van der Waals surface area (Å²) in [5, 5.41) is -3.51. The SMILES string of the molecule is [B]C1([B])Oc2ccc(C)cc2OC1([B])[B]. The van der Waals surface area contributed by atoms with Gasteiger partial charge in [-0.2, -0.15) is 0 Å². The highest BCUT2D eigenvalue weighted by Crippen LogP contribution is 2.39. The molecule has 1 aliphatic heterocycles. The minimum absolute atomic E-state index is 0.428. The molecule has 0 saturated carbocycles. The molecule has 0 bridgehead atoms. The Morgan fingerprint density at radius 3 is 2.07 bits per heavy atom. The molecule has 6 heteroatoms. The van der Waals surface area contributed by atoms with Gasteiger partial charge in [0.15, 0.2) is 11.5 Å². The first-order valence-corrected chi connectivity index (χ1v) is 4.46. The van der Waals surface area contributed by atoms with E-state index in [0.717, 1.165) is 5.56 Å².